The number of aromatic nitrogens is 1. The van der Waals surface area contributed by atoms with Crippen LogP contribution in [0.1, 0.15) is 26.5 Å². The van der Waals surface area contributed by atoms with Gasteiger partial charge in [-0.2, -0.15) is 0 Å². The number of nitrogens with zero attached hydrogens (tertiary/aromatic N) is 1. The van der Waals surface area contributed by atoms with E-state index in [0.717, 1.165) is 4.88 Å². The summed E-state index contributed by atoms with van der Waals surface area (Å²) < 4.78 is 29.9. The lowest BCUT2D eigenvalue weighted by atomic mass is 10.1. The van der Waals surface area contributed by atoms with E-state index >= 15 is 0 Å². The Bertz CT molecular complexity index is 1120. The molecular formula is C22H22FN3O5S. The van der Waals surface area contributed by atoms with Gasteiger partial charge < -0.3 is 19.9 Å². The van der Waals surface area contributed by atoms with E-state index in [1.165, 1.54) is 43.8 Å². The van der Waals surface area contributed by atoms with Gasteiger partial charge in [0.1, 0.15) is 5.82 Å². The molecule has 0 radical (unpaired) electrons. The molecule has 0 aliphatic carbocycles. The number of ether oxygens (including phenoxy) is 3. The van der Waals surface area contributed by atoms with Gasteiger partial charge in [-0.25, -0.2) is 9.37 Å². The van der Waals surface area contributed by atoms with Crippen LogP contribution in [-0.2, 0) is 11.2 Å². The summed E-state index contributed by atoms with van der Waals surface area (Å²) in [5.74, 6) is -0.848. The van der Waals surface area contributed by atoms with Gasteiger partial charge in [-0.05, 0) is 30.7 Å². The van der Waals surface area contributed by atoms with Crippen LogP contribution in [0.15, 0.2) is 36.4 Å². The summed E-state index contributed by atoms with van der Waals surface area (Å²) in [6.07, 6.45) is 0.375. The number of aryl methyl sites for hydroxylation is 1. The van der Waals surface area contributed by atoms with Crippen LogP contribution in [0.25, 0.3) is 0 Å². The van der Waals surface area contributed by atoms with Crippen LogP contribution in [0.5, 0.6) is 17.2 Å². The Kier molecular flexibility index (Phi) is 7.26. The summed E-state index contributed by atoms with van der Waals surface area (Å²) in [6, 6.07) is 9.44. The molecule has 8 nitrogen and oxygen atoms in total. The molecule has 2 amide bonds. The number of rotatable bonds is 9. The normalized spacial score (nSPS) is 10.5. The maximum absolute atomic E-state index is 14.0. The second-order valence-electron chi connectivity index (χ2n) is 6.71. The topological polar surface area (TPSA) is 113 Å². The number of benzene rings is 2. The number of hydrogen-bond donors (Lipinski definition) is 2. The highest BCUT2D eigenvalue weighted by atomic mass is 32.1. The minimum atomic E-state index is -0.666. The Labute approximate surface area is 188 Å². The van der Waals surface area contributed by atoms with Crippen molar-refractivity contribution in [3.8, 4) is 17.2 Å². The average molecular weight is 459 g/mol. The number of nitrogens with one attached hydrogen (secondary N) is 1. The number of carbonyl (C=O) groups is 2. The molecule has 32 heavy (non-hydrogen) atoms. The van der Waals surface area contributed by atoms with Gasteiger partial charge in [0.2, 0.25) is 5.75 Å². The van der Waals surface area contributed by atoms with Crippen molar-refractivity contribution in [1.82, 2.24) is 4.98 Å². The minimum Gasteiger partial charge on any atom is -0.493 e. The number of nitrogens with two attached hydrogens (primary N) is 1. The van der Waals surface area contributed by atoms with Gasteiger partial charge in [-0.15, -0.1) is 11.3 Å². The molecule has 0 fully saturated rings. The van der Waals surface area contributed by atoms with E-state index in [9.17, 15) is 14.0 Å². The fourth-order valence-corrected chi connectivity index (χ4v) is 3.91. The molecule has 0 unspecified atom stereocenters. The van der Waals surface area contributed by atoms with Gasteiger partial charge in [0.25, 0.3) is 11.8 Å². The van der Waals surface area contributed by atoms with Crippen LogP contribution in [0.4, 0.5) is 9.52 Å². The molecule has 0 saturated carbocycles. The second-order valence-corrected chi connectivity index (χ2v) is 7.80. The van der Waals surface area contributed by atoms with Crippen molar-refractivity contribution in [2.75, 3.05) is 26.1 Å². The number of hydrogen-bond acceptors (Lipinski definition) is 7. The largest absolute Gasteiger partial charge is 0.493 e. The third-order valence-corrected chi connectivity index (χ3v) is 5.58. The lowest BCUT2D eigenvalue weighted by Crippen LogP contribution is -2.20. The first-order chi connectivity index (χ1) is 15.3. The van der Waals surface area contributed by atoms with Crippen LogP contribution in [-0.4, -0.2) is 37.6 Å². The lowest BCUT2D eigenvalue weighted by molar-refractivity contribution is -0.120. The molecule has 168 valence electrons. The Morgan fingerprint density at radius 3 is 2.41 bits per heavy atom. The predicted molar refractivity (Wildman–Crippen MR) is 118 cm³/mol. The number of primary amides is 1. The van der Waals surface area contributed by atoms with Gasteiger partial charge in [0.05, 0.1) is 19.9 Å². The van der Waals surface area contributed by atoms with Crippen LogP contribution in [0.3, 0.4) is 0 Å². The number of methoxy groups -OCH3 is 2. The molecule has 0 bridgehead atoms. The first kappa shape index (κ1) is 23.0. The van der Waals surface area contributed by atoms with Gasteiger partial charge in [-0.1, -0.05) is 18.2 Å². The number of carbonyl (C=O) groups excluding carboxylic acids is 2. The first-order valence-corrected chi connectivity index (χ1v) is 10.3. The van der Waals surface area contributed by atoms with E-state index in [1.807, 2.05) is 0 Å². The van der Waals surface area contributed by atoms with Crippen molar-refractivity contribution in [3.05, 3.63) is 63.9 Å². The van der Waals surface area contributed by atoms with E-state index in [2.05, 4.69) is 10.3 Å². The number of anilines is 1. The van der Waals surface area contributed by atoms with Crippen molar-refractivity contribution in [1.29, 1.82) is 0 Å². The van der Waals surface area contributed by atoms with E-state index in [1.54, 1.807) is 25.1 Å². The molecule has 0 spiro atoms. The molecule has 0 aliphatic rings. The first-order valence-electron chi connectivity index (χ1n) is 9.50. The predicted octanol–water partition coefficient (Wildman–Crippen LogP) is 3.32. The number of amides is 2. The molecule has 10 heteroatoms. The van der Waals surface area contributed by atoms with Gasteiger partial charge in [-0.3, -0.25) is 14.9 Å². The third kappa shape index (κ3) is 5.33. The Balaban J connectivity index is 1.81. The summed E-state index contributed by atoms with van der Waals surface area (Å²) in [5, 5.41) is 3.12. The van der Waals surface area contributed by atoms with Crippen LogP contribution in [0.2, 0.25) is 0 Å². The highest BCUT2D eigenvalue weighted by molar-refractivity contribution is 7.15. The number of halogens is 1. The highest BCUT2D eigenvalue weighted by Gasteiger charge is 2.20. The zero-order valence-corrected chi connectivity index (χ0v) is 18.5. The molecule has 0 atom stereocenters. The molecule has 3 rings (SSSR count). The zero-order valence-electron chi connectivity index (χ0n) is 17.7. The average Bonchev–Trinajstić information content (AvgIpc) is 3.11. The summed E-state index contributed by atoms with van der Waals surface area (Å²) in [7, 11) is 2.79. The molecule has 1 aromatic heterocycles. The smallest absolute Gasteiger partial charge is 0.257 e. The Morgan fingerprint density at radius 1 is 1.16 bits per heavy atom. The fraction of sp³-hybridized carbons (Fsp3) is 0.227. The fourth-order valence-electron chi connectivity index (χ4n) is 2.93. The molecule has 1 heterocycles. The molecule has 2 aromatic carbocycles. The monoisotopic (exact) mass is 459 g/mol. The van der Waals surface area contributed by atoms with Crippen LogP contribution < -0.4 is 25.3 Å². The standard InChI is InChI=1S/C22H22FN3O5S/c1-12-18(10-13-6-4-5-7-15(13)23)32-22(25-12)26-21(28)14-8-16(29-2)20(17(9-14)30-3)31-11-19(24)27/h4-9H,10-11H2,1-3H3,(H2,24,27)(H,25,26,28). The minimum absolute atomic E-state index is 0.155. The molecular weight excluding hydrogens is 437 g/mol. The lowest BCUT2D eigenvalue weighted by Gasteiger charge is -2.15. The summed E-state index contributed by atoms with van der Waals surface area (Å²) >= 11 is 1.27. The van der Waals surface area contributed by atoms with E-state index in [0.29, 0.717) is 22.8 Å². The second kappa shape index (κ2) is 10.1. The maximum Gasteiger partial charge on any atom is 0.257 e. The Hall–Kier alpha value is -3.66. The van der Waals surface area contributed by atoms with Gasteiger partial charge in [0, 0.05) is 16.9 Å². The van der Waals surface area contributed by atoms with Crippen molar-refractivity contribution >= 4 is 28.3 Å². The Morgan fingerprint density at radius 2 is 1.81 bits per heavy atom. The molecule has 3 N–H and O–H groups in total. The molecule has 0 saturated heterocycles. The van der Waals surface area contributed by atoms with Crippen LogP contribution in [0, 0.1) is 12.7 Å². The quantitative estimate of drug-likeness (QED) is 0.508. The van der Waals surface area contributed by atoms with E-state index in [-0.39, 0.29) is 35.2 Å². The third-order valence-electron chi connectivity index (χ3n) is 4.50. The SMILES string of the molecule is COc1cc(C(=O)Nc2nc(C)c(Cc3ccccc3F)s2)cc(OC)c1OCC(N)=O. The molecule has 3 aromatic rings. The zero-order chi connectivity index (χ0) is 23.3. The maximum atomic E-state index is 14.0. The van der Waals surface area contributed by atoms with E-state index < -0.39 is 11.8 Å². The van der Waals surface area contributed by atoms with Crippen molar-refractivity contribution in [3.63, 3.8) is 0 Å². The van der Waals surface area contributed by atoms with Crippen molar-refractivity contribution in [2.24, 2.45) is 5.73 Å². The van der Waals surface area contributed by atoms with Gasteiger partial charge in [0.15, 0.2) is 23.2 Å². The summed E-state index contributed by atoms with van der Waals surface area (Å²) in [5.41, 5.74) is 6.61. The van der Waals surface area contributed by atoms with E-state index in [4.69, 9.17) is 19.9 Å². The molecule has 0 aliphatic heterocycles. The summed E-state index contributed by atoms with van der Waals surface area (Å²) in [4.78, 5) is 29.1. The summed E-state index contributed by atoms with van der Waals surface area (Å²) in [6.45, 7) is 1.43. The van der Waals surface area contributed by atoms with Gasteiger partial charge >= 0.3 is 0 Å². The van der Waals surface area contributed by atoms with Crippen molar-refractivity contribution in [2.45, 2.75) is 13.3 Å². The highest BCUT2D eigenvalue weighted by Crippen LogP contribution is 2.39. The van der Waals surface area contributed by atoms with Crippen molar-refractivity contribution < 1.29 is 28.2 Å². The number of thiazole rings is 1. The van der Waals surface area contributed by atoms with Crippen LogP contribution >= 0.6 is 11.3 Å².